The third kappa shape index (κ3) is 1.87. The second kappa shape index (κ2) is 4.47. The number of hydrogen-bond donors (Lipinski definition) is 0. The maximum absolute atomic E-state index is 6.13. The van der Waals surface area contributed by atoms with Crippen LogP contribution in [0.4, 0.5) is 0 Å². The zero-order valence-electron chi connectivity index (χ0n) is 10.6. The summed E-state index contributed by atoms with van der Waals surface area (Å²) in [6.07, 6.45) is 0. The van der Waals surface area contributed by atoms with E-state index in [1.165, 1.54) is 11.3 Å². The molecule has 0 atom stereocenters. The Morgan fingerprint density at radius 3 is 2.74 bits per heavy atom. The molecule has 0 N–H and O–H groups in total. The standard InChI is InChI=1S/C12H11ClN4OS/c1-6-7(2)11-14-15-12(17(11)16-10(6)13)9-4-8(18-3)5-19-9/h4-5H,1-3H3. The van der Waals surface area contributed by atoms with Gasteiger partial charge >= 0.3 is 0 Å². The van der Waals surface area contributed by atoms with Crippen molar-refractivity contribution in [1.29, 1.82) is 0 Å². The van der Waals surface area contributed by atoms with Crippen LogP contribution in [0.15, 0.2) is 11.4 Å². The van der Waals surface area contributed by atoms with Crippen molar-refractivity contribution in [3.63, 3.8) is 0 Å². The van der Waals surface area contributed by atoms with Crippen LogP contribution in [0.25, 0.3) is 16.3 Å². The number of hydrogen-bond acceptors (Lipinski definition) is 5. The van der Waals surface area contributed by atoms with Crippen LogP contribution in [0.3, 0.4) is 0 Å². The first-order chi connectivity index (χ1) is 9.11. The number of rotatable bonds is 2. The third-order valence-corrected chi connectivity index (χ3v) is 4.33. The number of nitrogens with zero attached hydrogens (tertiary/aromatic N) is 4. The molecule has 0 bridgehead atoms. The van der Waals surface area contributed by atoms with Gasteiger partial charge in [0, 0.05) is 17.0 Å². The van der Waals surface area contributed by atoms with E-state index in [0.717, 1.165) is 27.4 Å². The predicted molar refractivity (Wildman–Crippen MR) is 75.1 cm³/mol. The molecule has 0 radical (unpaired) electrons. The molecule has 19 heavy (non-hydrogen) atoms. The van der Waals surface area contributed by atoms with E-state index in [9.17, 15) is 0 Å². The molecule has 3 rings (SSSR count). The first-order valence-electron chi connectivity index (χ1n) is 5.63. The highest BCUT2D eigenvalue weighted by Gasteiger charge is 2.16. The van der Waals surface area contributed by atoms with Gasteiger partial charge in [0.05, 0.1) is 12.0 Å². The van der Waals surface area contributed by atoms with Crippen molar-refractivity contribution in [1.82, 2.24) is 19.8 Å². The van der Waals surface area contributed by atoms with E-state index in [2.05, 4.69) is 15.3 Å². The van der Waals surface area contributed by atoms with Gasteiger partial charge in [0.1, 0.15) is 5.75 Å². The lowest BCUT2D eigenvalue weighted by Crippen LogP contribution is -1.99. The molecule has 0 unspecified atom stereocenters. The Hall–Kier alpha value is -1.66. The molecule has 0 fully saturated rings. The van der Waals surface area contributed by atoms with Crippen molar-refractivity contribution in [3.05, 3.63) is 27.7 Å². The molecule has 98 valence electrons. The number of fused-ring (bicyclic) bond motifs is 1. The van der Waals surface area contributed by atoms with Crippen LogP contribution in [0, 0.1) is 13.8 Å². The van der Waals surface area contributed by atoms with Crippen LogP contribution in [-0.2, 0) is 0 Å². The highest BCUT2D eigenvalue weighted by atomic mass is 35.5. The Kier molecular flexibility index (Phi) is 2.91. The number of halogens is 1. The van der Waals surface area contributed by atoms with Crippen LogP contribution in [-0.4, -0.2) is 26.9 Å². The number of aryl methyl sites for hydroxylation is 1. The number of thiophene rings is 1. The largest absolute Gasteiger partial charge is 0.496 e. The van der Waals surface area contributed by atoms with Crippen molar-refractivity contribution < 1.29 is 4.74 Å². The summed E-state index contributed by atoms with van der Waals surface area (Å²) in [5.41, 5.74) is 2.64. The van der Waals surface area contributed by atoms with E-state index in [1.54, 1.807) is 11.6 Å². The third-order valence-electron chi connectivity index (χ3n) is 3.07. The van der Waals surface area contributed by atoms with Gasteiger partial charge in [-0.25, -0.2) is 0 Å². The molecule has 0 amide bonds. The predicted octanol–water partition coefficient (Wildman–Crippen LogP) is 3.13. The van der Waals surface area contributed by atoms with E-state index in [0.29, 0.717) is 11.0 Å². The molecule has 0 saturated heterocycles. The van der Waals surface area contributed by atoms with Gasteiger partial charge in [-0.15, -0.1) is 21.5 Å². The monoisotopic (exact) mass is 294 g/mol. The van der Waals surface area contributed by atoms with E-state index >= 15 is 0 Å². The summed E-state index contributed by atoms with van der Waals surface area (Å²) in [6, 6.07) is 1.91. The van der Waals surface area contributed by atoms with Gasteiger partial charge in [0.25, 0.3) is 0 Å². The number of ether oxygens (including phenoxy) is 1. The van der Waals surface area contributed by atoms with Crippen LogP contribution < -0.4 is 4.74 Å². The van der Waals surface area contributed by atoms with Crippen LogP contribution in [0.1, 0.15) is 11.1 Å². The topological polar surface area (TPSA) is 52.3 Å². The Balaban J connectivity index is 2.25. The minimum absolute atomic E-state index is 0.467. The number of methoxy groups -OCH3 is 1. The maximum Gasteiger partial charge on any atom is 0.195 e. The molecule has 0 aliphatic heterocycles. The fourth-order valence-electron chi connectivity index (χ4n) is 1.79. The van der Waals surface area contributed by atoms with Gasteiger partial charge in [-0.3, -0.25) is 0 Å². The van der Waals surface area contributed by atoms with Crippen molar-refractivity contribution in [3.8, 4) is 16.5 Å². The normalized spacial score (nSPS) is 11.2. The van der Waals surface area contributed by atoms with Gasteiger partial charge in [0.2, 0.25) is 0 Å². The molecule has 5 nitrogen and oxygen atoms in total. The van der Waals surface area contributed by atoms with Crippen molar-refractivity contribution >= 4 is 28.6 Å². The zero-order valence-corrected chi connectivity index (χ0v) is 12.2. The van der Waals surface area contributed by atoms with Crippen molar-refractivity contribution in [2.24, 2.45) is 0 Å². The highest BCUT2D eigenvalue weighted by molar-refractivity contribution is 7.13. The van der Waals surface area contributed by atoms with E-state index in [4.69, 9.17) is 16.3 Å². The van der Waals surface area contributed by atoms with Gasteiger partial charge < -0.3 is 4.74 Å². The average molecular weight is 295 g/mol. The molecular formula is C12H11ClN4OS. The molecule has 0 aromatic carbocycles. The number of aromatic nitrogens is 4. The lowest BCUT2D eigenvalue weighted by molar-refractivity contribution is 0.417. The first kappa shape index (κ1) is 12.4. The first-order valence-corrected chi connectivity index (χ1v) is 6.88. The Morgan fingerprint density at radius 2 is 2.05 bits per heavy atom. The summed E-state index contributed by atoms with van der Waals surface area (Å²) in [4.78, 5) is 0.941. The lowest BCUT2D eigenvalue weighted by Gasteiger charge is -2.04. The average Bonchev–Trinajstić information content (AvgIpc) is 3.01. The van der Waals surface area contributed by atoms with Crippen molar-refractivity contribution in [2.75, 3.05) is 7.11 Å². The summed E-state index contributed by atoms with van der Waals surface area (Å²) in [5, 5.41) is 15.1. The van der Waals surface area contributed by atoms with Crippen LogP contribution >= 0.6 is 22.9 Å². The fraction of sp³-hybridized carbons (Fsp3) is 0.250. The molecule has 3 heterocycles. The summed E-state index contributed by atoms with van der Waals surface area (Å²) >= 11 is 7.66. The summed E-state index contributed by atoms with van der Waals surface area (Å²) in [7, 11) is 1.64. The molecule has 0 saturated carbocycles. The summed E-state index contributed by atoms with van der Waals surface area (Å²) in [6.45, 7) is 3.89. The Labute approximate surface area is 118 Å². The fourth-order valence-corrected chi connectivity index (χ4v) is 2.83. The second-order valence-electron chi connectivity index (χ2n) is 4.15. The Bertz CT molecular complexity index is 765. The SMILES string of the molecule is COc1csc(-c2nnc3c(C)c(C)c(Cl)nn23)c1. The highest BCUT2D eigenvalue weighted by Crippen LogP contribution is 2.31. The molecule has 7 heteroatoms. The smallest absolute Gasteiger partial charge is 0.195 e. The maximum atomic E-state index is 6.13. The molecule has 0 spiro atoms. The summed E-state index contributed by atoms with van der Waals surface area (Å²) < 4.78 is 6.85. The minimum Gasteiger partial charge on any atom is -0.496 e. The van der Waals surface area contributed by atoms with Gasteiger partial charge in [-0.2, -0.15) is 9.61 Å². The van der Waals surface area contributed by atoms with Crippen LogP contribution in [0.2, 0.25) is 5.15 Å². The molecule has 0 aliphatic rings. The van der Waals surface area contributed by atoms with E-state index in [1.807, 2.05) is 25.3 Å². The molecule has 3 aromatic rings. The quantitative estimate of drug-likeness (QED) is 0.728. The van der Waals surface area contributed by atoms with Crippen LogP contribution in [0.5, 0.6) is 5.75 Å². The molecule has 0 aliphatic carbocycles. The van der Waals surface area contributed by atoms with Gasteiger partial charge in [0.15, 0.2) is 16.6 Å². The molecular weight excluding hydrogens is 284 g/mol. The van der Waals surface area contributed by atoms with Crippen molar-refractivity contribution in [2.45, 2.75) is 13.8 Å². The van der Waals surface area contributed by atoms with E-state index in [-0.39, 0.29) is 0 Å². The van der Waals surface area contributed by atoms with E-state index < -0.39 is 0 Å². The van der Waals surface area contributed by atoms with Gasteiger partial charge in [-0.1, -0.05) is 11.6 Å². The second-order valence-corrected chi connectivity index (χ2v) is 5.42. The minimum atomic E-state index is 0.467. The summed E-state index contributed by atoms with van der Waals surface area (Å²) in [5.74, 6) is 1.47. The Morgan fingerprint density at radius 1 is 1.26 bits per heavy atom. The molecule has 3 aromatic heterocycles. The van der Waals surface area contributed by atoms with Gasteiger partial charge in [-0.05, 0) is 19.4 Å². The lowest BCUT2D eigenvalue weighted by atomic mass is 10.2. The zero-order chi connectivity index (χ0) is 13.6.